The first-order valence-electron chi connectivity index (χ1n) is 7.38. The number of rotatable bonds is 7. The van der Waals surface area contributed by atoms with Gasteiger partial charge in [0.2, 0.25) is 0 Å². The Morgan fingerprint density at radius 1 is 1.32 bits per heavy atom. The zero-order valence-electron chi connectivity index (χ0n) is 13.0. The molecule has 108 valence electrons. The van der Waals surface area contributed by atoms with Crippen LogP contribution in [0.4, 0.5) is 0 Å². The molecule has 19 heavy (non-hydrogen) atoms. The van der Waals surface area contributed by atoms with Crippen LogP contribution in [0.3, 0.4) is 0 Å². The lowest BCUT2D eigenvalue weighted by molar-refractivity contribution is 0.497. The minimum absolute atomic E-state index is 0.176. The predicted octanol–water partition coefficient (Wildman–Crippen LogP) is 3.01. The van der Waals surface area contributed by atoms with Crippen LogP contribution in [-0.4, -0.2) is 11.1 Å². The van der Waals surface area contributed by atoms with Gasteiger partial charge < -0.3 is 9.88 Å². The van der Waals surface area contributed by atoms with E-state index in [0.717, 1.165) is 36.3 Å². The van der Waals surface area contributed by atoms with Gasteiger partial charge in [-0.05, 0) is 44.4 Å². The van der Waals surface area contributed by atoms with Gasteiger partial charge in [-0.1, -0.05) is 27.2 Å². The van der Waals surface area contributed by atoms with E-state index in [0.29, 0.717) is 12.5 Å². The molecule has 0 aliphatic rings. The lowest BCUT2D eigenvalue weighted by Gasteiger charge is -2.16. The number of hydrogen-bond acceptors (Lipinski definition) is 2. The summed E-state index contributed by atoms with van der Waals surface area (Å²) in [5.41, 5.74) is 3.26. The Morgan fingerprint density at radius 2 is 2.00 bits per heavy atom. The van der Waals surface area contributed by atoms with E-state index in [1.165, 1.54) is 6.42 Å². The van der Waals surface area contributed by atoms with Gasteiger partial charge in [-0.3, -0.25) is 4.79 Å². The van der Waals surface area contributed by atoms with Gasteiger partial charge in [-0.2, -0.15) is 0 Å². The molecule has 0 saturated carbocycles. The van der Waals surface area contributed by atoms with Crippen molar-refractivity contribution in [3.05, 3.63) is 33.2 Å². The van der Waals surface area contributed by atoms with Crippen LogP contribution in [0, 0.1) is 19.8 Å². The molecule has 0 aromatic carbocycles. The monoisotopic (exact) mass is 264 g/mol. The average Bonchev–Trinajstić information content (AvgIpc) is 2.33. The molecule has 1 heterocycles. The standard InChI is InChI=1S/C16H28N2O/c1-6-7-8-17-10-15-13(4)9-14(5)18(16(15)19)11-12(2)3/h9,12,17H,6-8,10-11H2,1-5H3. The van der Waals surface area contributed by atoms with Crippen LogP contribution in [0.25, 0.3) is 0 Å². The maximum Gasteiger partial charge on any atom is 0.255 e. The first-order valence-corrected chi connectivity index (χ1v) is 7.38. The summed E-state index contributed by atoms with van der Waals surface area (Å²) in [6.45, 7) is 13.0. The van der Waals surface area contributed by atoms with Crippen LogP contribution in [-0.2, 0) is 13.1 Å². The third kappa shape index (κ3) is 4.50. The number of nitrogens with zero attached hydrogens (tertiary/aromatic N) is 1. The highest BCUT2D eigenvalue weighted by Crippen LogP contribution is 2.08. The molecule has 3 heteroatoms. The van der Waals surface area contributed by atoms with Crippen molar-refractivity contribution < 1.29 is 0 Å². The van der Waals surface area contributed by atoms with E-state index in [4.69, 9.17) is 0 Å². The maximum absolute atomic E-state index is 12.5. The lowest BCUT2D eigenvalue weighted by atomic mass is 10.1. The molecule has 0 aliphatic heterocycles. The summed E-state index contributed by atoms with van der Waals surface area (Å²) in [4.78, 5) is 12.5. The number of unbranched alkanes of at least 4 members (excludes halogenated alkanes) is 1. The second kappa shape index (κ2) is 7.49. The van der Waals surface area contributed by atoms with Gasteiger partial charge in [0.15, 0.2) is 0 Å². The second-order valence-corrected chi connectivity index (χ2v) is 5.79. The van der Waals surface area contributed by atoms with E-state index in [1.54, 1.807) is 0 Å². The van der Waals surface area contributed by atoms with Crippen LogP contribution < -0.4 is 10.9 Å². The molecular formula is C16H28N2O. The zero-order valence-corrected chi connectivity index (χ0v) is 13.0. The fourth-order valence-electron chi connectivity index (χ4n) is 2.29. The largest absolute Gasteiger partial charge is 0.312 e. The van der Waals surface area contributed by atoms with E-state index in [-0.39, 0.29) is 5.56 Å². The Hall–Kier alpha value is -1.09. The number of aryl methyl sites for hydroxylation is 2. The second-order valence-electron chi connectivity index (χ2n) is 5.79. The predicted molar refractivity (Wildman–Crippen MR) is 81.6 cm³/mol. The summed E-state index contributed by atoms with van der Waals surface area (Å²) >= 11 is 0. The summed E-state index contributed by atoms with van der Waals surface area (Å²) in [6.07, 6.45) is 2.34. The van der Waals surface area contributed by atoms with Crippen LogP contribution in [0.1, 0.15) is 50.4 Å². The lowest BCUT2D eigenvalue weighted by Crippen LogP contribution is -2.31. The Kier molecular flexibility index (Phi) is 6.29. The first kappa shape index (κ1) is 16.0. The van der Waals surface area contributed by atoms with Gasteiger partial charge in [-0.15, -0.1) is 0 Å². The zero-order chi connectivity index (χ0) is 14.4. The number of hydrogen-bond donors (Lipinski definition) is 1. The first-order chi connectivity index (χ1) is 8.97. The summed E-state index contributed by atoms with van der Waals surface area (Å²) < 4.78 is 1.91. The molecule has 0 radical (unpaired) electrons. The van der Waals surface area contributed by atoms with E-state index < -0.39 is 0 Å². The van der Waals surface area contributed by atoms with Gasteiger partial charge in [0.1, 0.15) is 0 Å². The molecule has 1 aromatic rings. The molecule has 0 unspecified atom stereocenters. The SMILES string of the molecule is CCCCNCc1c(C)cc(C)n(CC(C)C)c1=O. The molecule has 1 rings (SSSR count). The van der Waals surface area contributed by atoms with Gasteiger partial charge in [-0.25, -0.2) is 0 Å². The quantitative estimate of drug-likeness (QED) is 0.768. The Morgan fingerprint density at radius 3 is 2.58 bits per heavy atom. The smallest absolute Gasteiger partial charge is 0.255 e. The van der Waals surface area contributed by atoms with Crippen LogP contribution in [0.5, 0.6) is 0 Å². The van der Waals surface area contributed by atoms with Crippen molar-refractivity contribution in [1.82, 2.24) is 9.88 Å². The topological polar surface area (TPSA) is 34.0 Å². The molecule has 0 fully saturated rings. The number of nitrogens with one attached hydrogen (secondary N) is 1. The minimum atomic E-state index is 0.176. The molecular weight excluding hydrogens is 236 g/mol. The van der Waals surface area contributed by atoms with Gasteiger partial charge in [0, 0.05) is 24.3 Å². The van der Waals surface area contributed by atoms with Crippen molar-refractivity contribution >= 4 is 0 Å². The maximum atomic E-state index is 12.5. The summed E-state index contributed by atoms with van der Waals surface area (Å²) in [5, 5.41) is 3.37. The van der Waals surface area contributed by atoms with Gasteiger partial charge in [0.05, 0.1) is 0 Å². The fraction of sp³-hybridized carbons (Fsp3) is 0.688. The highest BCUT2D eigenvalue weighted by atomic mass is 16.1. The Labute approximate surface area is 117 Å². The van der Waals surface area contributed by atoms with E-state index in [2.05, 4.69) is 32.2 Å². The normalized spacial score (nSPS) is 11.3. The molecule has 0 spiro atoms. The molecule has 0 bridgehead atoms. The molecule has 3 nitrogen and oxygen atoms in total. The van der Waals surface area contributed by atoms with Crippen molar-refractivity contribution in [1.29, 1.82) is 0 Å². The third-order valence-corrected chi connectivity index (χ3v) is 3.39. The van der Waals surface area contributed by atoms with Gasteiger partial charge in [0.25, 0.3) is 5.56 Å². The van der Waals surface area contributed by atoms with Crippen molar-refractivity contribution in [3.8, 4) is 0 Å². The minimum Gasteiger partial charge on any atom is -0.312 e. The number of aromatic nitrogens is 1. The summed E-state index contributed by atoms with van der Waals surface area (Å²) in [6, 6.07) is 2.13. The average molecular weight is 264 g/mol. The van der Waals surface area contributed by atoms with Gasteiger partial charge >= 0.3 is 0 Å². The van der Waals surface area contributed by atoms with Crippen molar-refractivity contribution in [2.75, 3.05) is 6.54 Å². The van der Waals surface area contributed by atoms with E-state index >= 15 is 0 Å². The molecule has 1 N–H and O–H groups in total. The Balaban J connectivity index is 2.94. The molecule has 0 saturated heterocycles. The van der Waals surface area contributed by atoms with Crippen LogP contribution in [0.2, 0.25) is 0 Å². The molecule has 1 aromatic heterocycles. The van der Waals surface area contributed by atoms with Crippen molar-refractivity contribution in [2.24, 2.45) is 5.92 Å². The molecule has 0 aliphatic carbocycles. The van der Waals surface area contributed by atoms with E-state index in [9.17, 15) is 4.79 Å². The number of pyridine rings is 1. The van der Waals surface area contributed by atoms with E-state index in [1.807, 2.05) is 18.4 Å². The summed E-state index contributed by atoms with van der Waals surface area (Å²) in [5.74, 6) is 0.486. The highest BCUT2D eigenvalue weighted by molar-refractivity contribution is 5.26. The van der Waals surface area contributed by atoms with Crippen LogP contribution in [0.15, 0.2) is 10.9 Å². The fourth-order valence-corrected chi connectivity index (χ4v) is 2.29. The Bertz CT molecular complexity index is 461. The van der Waals surface area contributed by atoms with Crippen molar-refractivity contribution in [3.63, 3.8) is 0 Å². The van der Waals surface area contributed by atoms with Crippen LogP contribution >= 0.6 is 0 Å². The molecule has 0 atom stereocenters. The van der Waals surface area contributed by atoms with Crippen molar-refractivity contribution in [2.45, 2.75) is 60.5 Å². The third-order valence-electron chi connectivity index (χ3n) is 3.39. The highest BCUT2D eigenvalue weighted by Gasteiger charge is 2.10. The summed E-state index contributed by atoms with van der Waals surface area (Å²) in [7, 11) is 0. The molecule has 0 amide bonds.